The Morgan fingerprint density at radius 3 is 2.39 bits per heavy atom. The number of hydrogen-bond donors (Lipinski definition) is 1. The summed E-state index contributed by atoms with van der Waals surface area (Å²) in [5.41, 5.74) is 3.29. The molecule has 2 aromatic rings. The molecule has 2 atom stereocenters. The van der Waals surface area contributed by atoms with Crippen LogP contribution >= 0.6 is 0 Å². The molecule has 7 heteroatoms. The fourth-order valence-corrected chi connectivity index (χ4v) is 6.52. The smallest absolute Gasteiger partial charge is 0.408 e. The Hall–Kier alpha value is -3.35. The number of ether oxygens (including phenoxy) is 2. The standard InChI is InChI=1S/C34H46N2O5/c1-5-40-30(37)19-18-26-24-34(28-16-10-9-15-27(26)28)20-22-36(23-21-34)31(38)29(35-32(39)41-33(2,3)4)17-11-14-25-12-7-6-8-13-25/h6-10,12-13,15-16,26,29H,5,11,14,17-24H2,1-4H3,(H,35,39). The maximum absolute atomic E-state index is 13.8. The van der Waals surface area contributed by atoms with Gasteiger partial charge in [-0.2, -0.15) is 0 Å². The van der Waals surface area contributed by atoms with E-state index in [4.69, 9.17) is 9.47 Å². The van der Waals surface area contributed by atoms with Crippen molar-refractivity contribution in [1.29, 1.82) is 0 Å². The lowest BCUT2D eigenvalue weighted by Crippen LogP contribution is -2.53. The van der Waals surface area contributed by atoms with Crippen molar-refractivity contribution >= 4 is 18.0 Å². The van der Waals surface area contributed by atoms with Crippen molar-refractivity contribution in [2.24, 2.45) is 0 Å². The van der Waals surface area contributed by atoms with Gasteiger partial charge in [0.15, 0.2) is 0 Å². The van der Waals surface area contributed by atoms with E-state index in [1.54, 1.807) is 0 Å². The summed E-state index contributed by atoms with van der Waals surface area (Å²) in [6.07, 6.45) is 5.55. The minimum absolute atomic E-state index is 0.00804. The summed E-state index contributed by atoms with van der Waals surface area (Å²) < 4.78 is 10.7. The number of rotatable bonds is 10. The van der Waals surface area contributed by atoms with Gasteiger partial charge in [-0.1, -0.05) is 54.6 Å². The van der Waals surface area contributed by atoms with Gasteiger partial charge in [0.1, 0.15) is 11.6 Å². The van der Waals surface area contributed by atoms with Gasteiger partial charge in [0.2, 0.25) is 5.91 Å². The number of esters is 1. The Morgan fingerprint density at radius 2 is 1.71 bits per heavy atom. The molecule has 1 aliphatic heterocycles. The zero-order chi connectivity index (χ0) is 29.5. The average Bonchev–Trinajstić information content (AvgIpc) is 3.24. The van der Waals surface area contributed by atoms with Crippen LogP contribution in [0.3, 0.4) is 0 Å². The summed E-state index contributed by atoms with van der Waals surface area (Å²) >= 11 is 0. The number of piperidine rings is 1. The van der Waals surface area contributed by atoms with E-state index in [-0.39, 0.29) is 17.3 Å². The van der Waals surface area contributed by atoms with E-state index in [0.717, 1.165) is 38.5 Å². The number of likely N-dealkylation sites (tertiary alicyclic amines) is 1. The first-order valence-electron chi connectivity index (χ1n) is 15.2. The Kier molecular flexibility index (Phi) is 10.1. The molecule has 41 heavy (non-hydrogen) atoms. The highest BCUT2D eigenvalue weighted by Gasteiger charge is 2.46. The van der Waals surface area contributed by atoms with Gasteiger partial charge in [0, 0.05) is 19.5 Å². The molecule has 0 aromatic heterocycles. The van der Waals surface area contributed by atoms with Gasteiger partial charge >= 0.3 is 12.1 Å². The molecule has 1 spiro atoms. The number of hydrogen-bond acceptors (Lipinski definition) is 5. The summed E-state index contributed by atoms with van der Waals surface area (Å²) in [6.45, 7) is 8.99. The number of aryl methyl sites for hydroxylation is 1. The first kappa shape index (κ1) is 30.6. The minimum Gasteiger partial charge on any atom is -0.466 e. The van der Waals surface area contributed by atoms with Gasteiger partial charge in [-0.25, -0.2) is 4.79 Å². The molecule has 1 fully saturated rings. The Balaban J connectivity index is 1.41. The highest BCUT2D eigenvalue weighted by molar-refractivity contribution is 5.86. The maximum atomic E-state index is 13.8. The number of nitrogens with one attached hydrogen (secondary N) is 1. The molecule has 0 saturated carbocycles. The fourth-order valence-electron chi connectivity index (χ4n) is 6.52. The maximum Gasteiger partial charge on any atom is 0.408 e. The van der Waals surface area contributed by atoms with Crippen molar-refractivity contribution in [3.8, 4) is 0 Å². The third-order valence-corrected chi connectivity index (χ3v) is 8.43. The van der Waals surface area contributed by atoms with E-state index < -0.39 is 17.7 Å². The van der Waals surface area contributed by atoms with E-state index >= 15 is 0 Å². The van der Waals surface area contributed by atoms with Crippen molar-refractivity contribution in [2.75, 3.05) is 19.7 Å². The van der Waals surface area contributed by atoms with Crippen molar-refractivity contribution in [3.63, 3.8) is 0 Å². The Morgan fingerprint density at radius 1 is 1.02 bits per heavy atom. The number of alkyl carbamates (subject to hydrolysis) is 1. The SMILES string of the molecule is CCOC(=O)CCC1CC2(CCN(C(=O)C(CCCc3ccccc3)NC(=O)OC(C)(C)C)CC2)c2ccccc21. The summed E-state index contributed by atoms with van der Waals surface area (Å²) in [6, 6.07) is 18.2. The molecular formula is C34H46N2O5. The molecule has 2 amide bonds. The van der Waals surface area contributed by atoms with Gasteiger partial charge in [0.25, 0.3) is 0 Å². The third-order valence-electron chi connectivity index (χ3n) is 8.43. The van der Waals surface area contributed by atoms with Crippen LogP contribution < -0.4 is 5.32 Å². The number of carbonyl (C=O) groups excluding carboxylic acids is 3. The molecule has 4 rings (SSSR count). The van der Waals surface area contributed by atoms with E-state index in [1.807, 2.05) is 50.8 Å². The quantitative estimate of drug-likeness (QED) is 0.344. The second-order valence-electron chi connectivity index (χ2n) is 12.5. The molecule has 1 saturated heterocycles. The van der Waals surface area contributed by atoms with Crippen LogP contribution in [0.4, 0.5) is 4.79 Å². The lowest BCUT2D eigenvalue weighted by Gasteiger charge is -2.41. The van der Waals surface area contributed by atoms with Crippen LogP contribution in [0, 0.1) is 0 Å². The molecule has 2 unspecified atom stereocenters. The molecule has 222 valence electrons. The van der Waals surface area contributed by atoms with Gasteiger partial charge in [-0.05, 0) is 101 Å². The highest BCUT2D eigenvalue weighted by atomic mass is 16.6. The zero-order valence-corrected chi connectivity index (χ0v) is 25.1. The monoisotopic (exact) mass is 562 g/mol. The molecule has 2 aliphatic rings. The third kappa shape index (κ3) is 8.11. The average molecular weight is 563 g/mol. The number of fused-ring (bicyclic) bond motifs is 2. The van der Waals surface area contributed by atoms with Crippen LogP contribution in [-0.4, -0.2) is 54.2 Å². The predicted octanol–water partition coefficient (Wildman–Crippen LogP) is 6.29. The van der Waals surface area contributed by atoms with Crippen LogP contribution in [-0.2, 0) is 30.9 Å². The Bertz CT molecular complexity index is 1180. The highest BCUT2D eigenvalue weighted by Crippen LogP contribution is 2.53. The summed E-state index contributed by atoms with van der Waals surface area (Å²) in [5.74, 6) is 0.142. The van der Waals surface area contributed by atoms with Crippen molar-refractivity contribution in [3.05, 3.63) is 71.3 Å². The van der Waals surface area contributed by atoms with Crippen molar-refractivity contribution in [1.82, 2.24) is 10.2 Å². The number of amides is 2. The first-order valence-corrected chi connectivity index (χ1v) is 15.2. The molecule has 0 bridgehead atoms. The van der Waals surface area contributed by atoms with E-state index in [9.17, 15) is 14.4 Å². The summed E-state index contributed by atoms with van der Waals surface area (Å²) in [4.78, 5) is 40.5. The largest absolute Gasteiger partial charge is 0.466 e. The van der Waals surface area contributed by atoms with Gasteiger partial charge < -0.3 is 19.7 Å². The van der Waals surface area contributed by atoms with Gasteiger partial charge in [0.05, 0.1) is 6.61 Å². The molecule has 1 heterocycles. The molecule has 2 aromatic carbocycles. The first-order chi connectivity index (χ1) is 19.6. The zero-order valence-electron chi connectivity index (χ0n) is 25.1. The fraction of sp³-hybridized carbons (Fsp3) is 0.559. The Labute approximate surface area is 245 Å². The van der Waals surface area contributed by atoms with Gasteiger partial charge in [-0.15, -0.1) is 0 Å². The van der Waals surface area contributed by atoms with Crippen LogP contribution in [0.1, 0.15) is 95.2 Å². The van der Waals surface area contributed by atoms with E-state index in [0.29, 0.717) is 38.5 Å². The number of benzene rings is 2. The number of nitrogens with zero attached hydrogens (tertiary/aromatic N) is 1. The topological polar surface area (TPSA) is 84.9 Å². The van der Waals surface area contributed by atoms with E-state index in [2.05, 4.69) is 41.7 Å². The molecule has 1 N–H and O–H groups in total. The number of carbonyl (C=O) groups is 3. The lowest BCUT2D eigenvalue weighted by atomic mass is 9.73. The van der Waals surface area contributed by atoms with Crippen LogP contribution in [0.15, 0.2) is 54.6 Å². The minimum atomic E-state index is -0.640. The normalized spacial score (nSPS) is 18.4. The lowest BCUT2D eigenvalue weighted by molar-refractivity contribution is -0.143. The van der Waals surface area contributed by atoms with Crippen LogP contribution in [0.5, 0.6) is 0 Å². The van der Waals surface area contributed by atoms with Crippen molar-refractivity contribution < 1.29 is 23.9 Å². The molecule has 1 aliphatic carbocycles. The molecular weight excluding hydrogens is 516 g/mol. The summed E-state index contributed by atoms with van der Waals surface area (Å²) in [7, 11) is 0. The van der Waals surface area contributed by atoms with Crippen LogP contribution in [0.25, 0.3) is 0 Å². The van der Waals surface area contributed by atoms with Gasteiger partial charge in [-0.3, -0.25) is 9.59 Å². The van der Waals surface area contributed by atoms with Crippen molar-refractivity contribution in [2.45, 2.75) is 102 Å². The second kappa shape index (κ2) is 13.5. The predicted molar refractivity (Wildman–Crippen MR) is 160 cm³/mol. The molecule has 7 nitrogen and oxygen atoms in total. The molecule has 0 radical (unpaired) electrons. The second-order valence-corrected chi connectivity index (χ2v) is 12.5. The van der Waals surface area contributed by atoms with E-state index in [1.165, 1.54) is 16.7 Å². The summed E-state index contributed by atoms with van der Waals surface area (Å²) in [5, 5.41) is 2.88. The van der Waals surface area contributed by atoms with Crippen LogP contribution in [0.2, 0.25) is 0 Å².